The number of methoxy groups -OCH3 is 1. The summed E-state index contributed by atoms with van der Waals surface area (Å²) in [5.41, 5.74) is 0. The molecule has 5 heteroatoms. The van der Waals surface area contributed by atoms with E-state index in [1.807, 2.05) is 0 Å². The summed E-state index contributed by atoms with van der Waals surface area (Å²) in [6.45, 7) is 4.55. The van der Waals surface area contributed by atoms with Gasteiger partial charge in [-0.05, 0) is 24.7 Å². The largest absolute Gasteiger partial charge is 0.467 e. The van der Waals surface area contributed by atoms with Gasteiger partial charge in [0.1, 0.15) is 5.02 Å². The van der Waals surface area contributed by atoms with Gasteiger partial charge in [-0.1, -0.05) is 31.9 Å². The van der Waals surface area contributed by atoms with Crippen LogP contribution in [0.25, 0.3) is 0 Å². The van der Waals surface area contributed by atoms with Crippen molar-refractivity contribution in [3.05, 3.63) is 11.2 Å². The van der Waals surface area contributed by atoms with Gasteiger partial charge >= 0.3 is 6.01 Å². The highest BCUT2D eigenvalue weighted by Crippen LogP contribution is 2.36. The molecule has 1 aromatic heterocycles. The third-order valence-electron chi connectivity index (χ3n) is 3.98. The monoisotopic (exact) mass is 269 g/mol. The molecule has 0 aromatic carbocycles. The number of hydrogen-bond acceptors (Lipinski definition) is 4. The summed E-state index contributed by atoms with van der Waals surface area (Å²) in [7, 11) is 1.55. The lowest BCUT2D eigenvalue weighted by Crippen LogP contribution is -2.25. The predicted octanol–water partition coefficient (Wildman–Crippen LogP) is 3.38. The van der Waals surface area contributed by atoms with Crippen LogP contribution in [0.2, 0.25) is 5.02 Å². The molecule has 4 nitrogen and oxygen atoms in total. The first-order valence-corrected chi connectivity index (χ1v) is 6.86. The SMILES string of the molecule is CCC1CCC(Nc2nc(OC)ncc2Cl)C1C. The normalized spacial score (nSPS) is 27.2. The Labute approximate surface area is 113 Å². The summed E-state index contributed by atoms with van der Waals surface area (Å²) in [5, 5.41) is 3.98. The maximum absolute atomic E-state index is 6.11. The van der Waals surface area contributed by atoms with E-state index in [-0.39, 0.29) is 0 Å². The summed E-state index contributed by atoms with van der Waals surface area (Å²) in [6, 6.07) is 0.784. The first-order chi connectivity index (χ1) is 8.65. The Morgan fingerprint density at radius 3 is 2.89 bits per heavy atom. The van der Waals surface area contributed by atoms with E-state index >= 15 is 0 Å². The average Bonchev–Trinajstić information content (AvgIpc) is 2.73. The Hall–Kier alpha value is -1.03. The van der Waals surface area contributed by atoms with Crippen LogP contribution in [-0.2, 0) is 0 Å². The zero-order valence-corrected chi connectivity index (χ0v) is 11.9. The van der Waals surface area contributed by atoms with Crippen LogP contribution in [0, 0.1) is 11.8 Å². The number of nitrogens with one attached hydrogen (secondary N) is 1. The van der Waals surface area contributed by atoms with Crippen molar-refractivity contribution < 1.29 is 4.74 Å². The quantitative estimate of drug-likeness (QED) is 0.910. The van der Waals surface area contributed by atoms with Crippen LogP contribution in [0.1, 0.15) is 33.1 Å². The Morgan fingerprint density at radius 2 is 2.28 bits per heavy atom. The maximum atomic E-state index is 6.11. The van der Waals surface area contributed by atoms with Crippen LogP contribution in [0.3, 0.4) is 0 Å². The second-order valence-corrected chi connectivity index (χ2v) is 5.32. The molecule has 1 aliphatic rings. The molecular weight excluding hydrogens is 250 g/mol. The fourth-order valence-electron chi connectivity index (χ4n) is 2.75. The summed E-state index contributed by atoms with van der Waals surface area (Å²) < 4.78 is 5.02. The molecule has 1 aromatic rings. The minimum atomic E-state index is 0.347. The number of nitrogens with zero attached hydrogens (tertiary/aromatic N) is 2. The molecule has 18 heavy (non-hydrogen) atoms. The van der Waals surface area contributed by atoms with Crippen molar-refractivity contribution >= 4 is 17.4 Å². The number of aromatic nitrogens is 2. The van der Waals surface area contributed by atoms with E-state index < -0.39 is 0 Å². The van der Waals surface area contributed by atoms with Crippen molar-refractivity contribution in [3.8, 4) is 6.01 Å². The van der Waals surface area contributed by atoms with Crippen molar-refractivity contribution in [2.75, 3.05) is 12.4 Å². The fraction of sp³-hybridized carbons (Fsp3) is 0.692. The van der Waals surface area contributed by atoms with Crippen LogP contribution >= 0.6 is 11.6 Å². The first-order valence-electron chi connectivity index (χ1n) is 6.48. The number of rotatable bonds is 4. The lowest BCUT2D eigenvalue weighted by atomic mass is 9.93. The predicted molar refractivity (Wildman–Crippen MR) is 73.2 cm³/mol. The fourth-order valence-corrected chi connectivity index (χ4v) is 2.90. The topological polar surface area (TPSA) is 47.0 Å². The molecule has 1 fully saturated rings. The number of anilines is 1. The molecule has 0 bridgehead atoms. The number of ether oxygens (including phenoxy) is 1. The number of hydrogen-bond donors (Lipinski definition) is 1. The van der Waals surface area contributed by atoms with Crippen molar-refractivity contribution in [2.45, 2.75) is 39.2 Å². The summed E-state index contributed by atoms with van der Waals surface area (Å²) in [6.07, 6.45) is 5.25. The molecule has 0 spiro atoms. The van der Waals surface area contributed by atoms with Gasteiger partial charge in [0.15, 0.2) is 5.82 Å². The van der Waals surface area contributed by atoms with Gasteiger partial charge in [-0.25, -0.2) is 4.98 Å². The second-order valence-electron chi connectivity index (χ2n) is 4.91. The third-order valence-corrected chi connectivity index (χ3v) is 4.25. The molecule has 2 rings (SSSR count). The van der Waals surface area contributed by atoms with E-state index in [4.69, 9.17) is 16.3 Å². The smallest absolute Gasteiger partial charge is 0.318 e. The van der Waals surface area contributed by atoms with Crippen LogP contribution in [0.4, 0.5) is 5.82 Å². The summed E-state index contributed by atoms with van der Waals surface area (Å²) >= 11 is 6.11. The molecule has 1 N–H and O–H groups in total. The lowest BCUT2D eigenvalue weighted by Gasteiger charge is -2.21. The highest BCUT2D eigenvalue weighted by atomic mass is 35.5. The molecule has 0 aliphatic heterocycles. The molecule has 0 saturated heterocycles. The molecule has 0 amide bonds. The zero-order valence-electron chi connectivity index (χ0n) is 11.1. The Kier molecular flexibility index (Phi) is 4.27. The molecule has 0 radical (unpaired) electrons. The van der Waals surface area contributed by atoms with Crippen LogP contribution in [0.5, 0.6) is 6.01 Å². The Bertz CT molecular complexity index is 413. The van der Waals surface area contributed by atoms with Gasteiger partial charge in [0.2, 0.25) is 0 Å². The van der Waals surface area contributed by atoms with Gasteiger partial charge in [0, 0.05) is 6.04 Å². The van der Waals surface area contributed by atoms with Gasteiger partial charge in [-0.15, -0.1) is 0 Å². The molecule has 100 valence electrons. The van der Waals surface area contributed by atoms with Crippen molar-refractivity contribution in [1.29, 1.82) is 0 Å². The number of halogens is 1. The summed E-state index contributed by atoms with van der Waals surface area (Å²) in [4.78, 5) is 8.24. The first kappa shape index (κ1) is 13.4. The molecule has 3 unspecified atom stereocenters. The van der Waals surface area contributed by atoms with Gasteiger partial charge < -0.3 is 10.1 Å². The molecule has 1 saturated carbocycles. The minimum Gasteiger partial charge on any atom is -0.467 e. The minimum absolute atomic E-state index is 0.347. The van der Waals surface area contributed by atoms with E-state index in [0.29, 0.717) is 28.8 Å². The third kappa shape index (κ3) is 2.69. The van der Waals surface area contributed by atoms with Gasteiger partial charge in [-0.3, -0.25) is 0 Å². The van der Waals surface area contributed by atoms with E-state index in [1.54, 1.807) is 13.3 Å². The van der Waals surface area contributed by atoms with Crippen molar-refractivity contribution in [1.82, 2.24) is 9.97 Å². The lowest BCUT2D eigenvalue weighted by molar-refractivity contribution is 0.378. The zero-order chi connectivity index (χ0) is 13.1. The van der Waals surface area contributed by atoms with E-state index in [1.165, 1.54) is 19.3 Å². The van der Waals surface area contributed by atoms with Gasteiger partial charge in [0.05, 0.1) is 13.3 Å². The average molecular weight is 270 g/mol. The van der Waals surface area contributed by atoms with Gasteiger partial charge in [0.25, 0.3) is 0 Å². The highest BCUT2D eigenvalue weighted by molar-refractivity contribution is 6.32. The van der Waals surface area contributed by atoms with E-state index in [9.17, 15) is 0 Å². The Morgan fingerprint density at radius 1 is 1.50 bits per heavy atom. The molecule has 3 atom stereocenters. The molecule has 1 aliphatic carbocycles. The van der Waals surface area contributed by atoms with Crippen LogP contribution in [-0.4, -0.2) is 23.1 Å². The summed E-state index contributed by atoms with van der Waals surface area (Å²) in [5.74, 6) is 2.12. The second kappa shape index (κ2) is 5.74. The van der Waals surface area contributed by atoms with E-state index in [0.717, 1.165) is 5.92 Å². The van der Waals surface area contributed by atoms with Crippen LogP contribution in [0.15, 0.2) is 6.20 Å². The van der Waals surface area contributed by atoms with E-state index in [2.05, 4.69) is 29.1 Å². The Balaban J connectivity index is 2.10. The molecular formula is C13H20ClN3O. The van der Waals surface area contributed by atoms with Crippen molar-refractivity contribution in [3.63, 3.8) is 0 Å². The standard InChI is InChI=1S/C13H20ClN3O/c1-4-9-5-6-11(8(9)2)16-12-10(14)7-15-13(17-12)18-3/h7-9,11H,4-6H2,1-3H3,(H,15,16,17). The van der Waals surface area contributed by atoms with Crippen LogP contribution < -0.4 is 10.1 Å². The van der Waals surface area contributed by atoms with Gasteiger partial charge in [-0.2, -0.15) is 4.98 Å². The van der Waals surface area contributed by atoms with Crippen molar-refractivity contribution in [2.24, 2.45) is 11.8 Å². The highest BCUT2D eigenvalue weighted by Gasteiger charge is 2.32. The molecule has 1 heterocycles. The maximum Gasteiger partial charge on any atom is 0.318 e.